The van der Waals surface area contributed by atoms with Gasteiger partial charge in [0, 0.05) is 15.4 Å². The molecule has 0 N–H and O–H groups in total. The second-order valence-corrected chi connectivity index (χ2v) is 8.73. The Bertz CT molecular complexity index is 1410. The maximum Gasteiger partial charge on any atom is 0.251 e. The third kappa shape index (κ3) is 3.10. The Morgan fingerprint density at radius 3 is 2.03 bits per heavy atom. The van der Waals surface area contributed by atoms with Gasteiger partial charge < -0.3 is 4.57 Å². The highest BCUT2D eigenvalue weighted by molar-refractivity contribution is 7.99. The minimum atomic E-state index is 0.00512. The van der Waals surface area contributed by atoms with Gasteiger partial charge >= 0.3 is 0 Å². The molecule has 0 aliphatic carbocycles. The lowest BCUT2D eigenvalue weighted by atomic mass is 10.2. The average Bonchev–Trinajstić information content (AvgIpc) is 3.21. The van der Waals surface area contributed by atoms with E-state index in [0.29, 0.717) is 0 Å². The number of imidazole rings is 1. The monoisotopic (exact) mass is 433 g/mol. The van der Waals surface area contributed by atoms with Gasteiger partial charge in [0.2, 0.25) is 0 Å². The molecule has 0 fully saturated rings. The summed E-state index contributed by atoms with van der Waals surface area (Å²) in [6.07, 6.45) is 0. The molecule has 1 aliphatic rings. The van der Waals surface area contributed by atoms with Crippen molar-refractivity contribution in [3.63, 3.8) is 0 Å². The molecule has 6 rings (SSSR count). The Labute approximate surface area is 190 Å². The molecule has 2 heterocycles. The summed E-state index contributed by atoms with van der Waals surface area (Å²) >= 11 is 1.70. The quantitative estimate of drug-likeness (QED) is 0.325. The topological polar surface area (TPSA) is 38.1 Å². The number of benzene rings is 4. The van der Waals surface area contributed by atoms with Gasteiger partial charge in [0.05, 0.1) is 22.4 Å². The number of fused-ring (bicyclic) bond motifs is 3. The molecule has 154 valence electrons. The standard InChI is InChI=1S/C27H19N3OS/c31-26(30-22-14-6-8-16-24(22)32-25-17-9-7-15-23(25)30)18-29-21-13-5-4-12-20(21)28-27(29)19-10-2-1-3-11-19/h1-17H,18H2. The molecule has 0 bridgehead atoms. The molecule has 4 nitrogen and oxygen atoms in total. The molecule has 0 atom stereocenters. The van der Waals surface area contributed by atoms with E-state index >= 15 is 0 Å². The van der Waals surface area contributed by atoms with Crippen LogP contribution in [0.15, 0.2) is 113 Å². The molecule has 0 saturated heterocycles. The summed E-state index contributed by atoms with van der Waals surface area (Å²) in [4.78, 5) is 22.8. The van der Waals surface area contributed by atoms with E-state index in [9.17, 15) is 4.79 Å². The predicted octanol–water partition coefficient (Wildman–Crippen LogP) is 6.53. The molecule has 0 radical (unpaired) electrons. The van der Waals surface area contributed by atoms with Crippen molar-refractivity contribution in [3.8, 4) is 11.4 Å². The average molecular weight is 434 g/mol. The third-order valence-electron chi connectivity index (χ3n) is 5.66. The van der Waals surface area contributed by atoms with Crippen molar-refractivity contribution in [2.75, 3.05) is 4.90 Å². The van der Waals surface area contributed by atoms with E-state index in [4.69, 9.17) is 4.98 Å². The van der Waals surface area contributed by atoms with E-state index in [1.165, 1.54) is 0 Å². The Morgan fingerprint density at radius 1 is 0.719 bits per heavy atom. The van der Waals surface area contributed by atoms with Gasteiger partial charge in [0.15, 0.2) is 0 Å². The first-order valence-electron chi connectivity index (χ1n) is 10.5. The highest BCUT2D eigenvalue weighted by Crippen LogP contribution is 2.48. The number of hydrogen-bond donors (Lipinski definition) is 0. The summed E-state index contributed by atoms with van der Waals surface area (Å²) in [5, 5.41) is 0. The van der Waals surface area contributed by atoms with E-state index in [2.05, 4.69) is 12.1 Å². The molecule has 5 aromatic rings. The molecule has 1 aliphatic heterocycles. The number of para-hydroxylation sites is 4. The van der Waals surface area contributed by atoms with Gasteiger partial charge in [0.1, 0.15) is 12.4 Å². The van der Waals surface area contributed by atoms with Crippen LogP contribution >= 0.6 is 11.8 Å². The van der Waals surface area contributed by atoms with Crippen LogP contribution < -0.4 is 4.90 Å². The van der Waals surface area contributed by atoms with Gasteiger partial charge in [-0.2, -0.15) is 0 Å². The van der Waals surface area contributed by atoms with Crippen LogP contribution in [0.4, 0.5) is 11.4 Å². The zero-order valence-corrected chi connectivity index (χ0v) is 18.0. The lowest BCUT2D eigenvalue weighted by molar-refractivity contribution is -0.118. The van der Waals surface area contributed by atoms with Crippen LogP contribution in [0.5, 0.6) is 0 Å². The largest absolute Gasteiger partial charge is 0.314 e. The number of carbonyl (C=O) groups excluding carboxylic acids is 1. The maximum atomic E-state index is 13.9. The normalized spacial score (nSPS) is 12.4. The molecule has 1 amide bonds. The third-order valence-corrected chi connectivity index (χ3v) is 6.79. The Kier molecular flexibility index (Phi) is 4.55. The number of aromatic nitrogens is 2. The molecule has 0 unspecified atom stereocenters. The van der Waals surface area contributed by atoms with E-state index in [1.54, 1.807) is 11.8 Å². The lowest BCUT2D eigenvalue weighted by Gasteiger charge is -2.31. The lowest BCUT2D eigenvalue weighted by Crippen LogP contribution is -2.31. The van der Waals surface area contributed by atoms with Gasteiger partial charge in [-0.3, -0.25) is 9.69 Å². The fourth-order valence-corrected chi connectivity index (χ4v) is 5.28. The van der Waals surface area contributed by atoms with Crippen LogP contribution in [-0.2, 0) is 11.3 Å². The molecule has 32 heavy (non-hydrogen) atoms. The van der Waals surface area contributed by atoms with Crippen molar-refractivity contribution in [1.82, 2.24) is 9.55 Å². The summed E-state index contributed by atoms with van der Waals surface area (Å²) in [7, 11) is 0. The SMILES string of the molecule is O=C(Cn1c(-c2ccccc2)nc2ccccc21)N1c2ccccc2Sc2ccccc21. The van der Waals surface area contributed by atoms with Gasteiger partial charge in [0.25, 0.3) is 5.91 Å². The van der Waals surface area contributed by atoms with Crippen LogP contribution in [0.2, 0.25) is 0 Å². The van der Waals surface area contributed by atoms with E-state index in [-0.39, 0.29) is 12.5 Å². The second kappa shape index (κ2) is 7.70. The second-order valence-electron chi connectivity index (χ2n) is 7.64. The van der Waals surface area contributed by atoms with Crippen molar-refractivity contribution in [3.05, 3.63) is 103 Å². The number of nitrogens with zero attached hydrogens (tertiary/aromatic N) is 3. The van der Waals surface area contributed by atoms with Gasteiger partial charge in [-0.25, -0.2) is 4.98 Å². The van der Waals surface area contributed by atoms with Crippen molar-refractivity contribution >= 4 is 40.1 Å². The first-order valence-corrected chi connectivity index (χ1v) is 11.3. The fourth-order valence-electron chi connectivity index (χ4n) is 4.22. The first-order chi connectivity index (χ1) is 15.8. The molecule has 0 saturated carbocycles. The van der Waals surface area contributed by atoms with Gasteiger partial charge in [-0.15, -0.1) is 0 Å². The predicted molar refractivity (Wildman–Crippen MR) is 129 cm³/mol. The molecule has 0 spiro atoms. The Morgan fingerprint density at radius 2 is 1.31 bits per heavy atom. The summed E-state index contributed by atoms with van der Waals surface area (Å²) in [6.45, 7) is 0.193. The smallest absolute Gasteiger partial charge is 0.251 e. The number of anilines is 2. The van der Waals surface area contributed by atoms with Crippen LogP contribution in [0.3, 0.4) is 0 Å². The highest BCUT2D eigenvalue weighted by atomic mass is 32.2. The zero-order valence-electron chi connectivity index (χ0n) is 17.2. The van der Waals surface area contributed by atoms with E-state index in [1.807, 2.05) is 100 Å². The van der Waals surface area contributed by atoms with Crippen LogP contribution in [-0.4, -0.2) is 15.5 Å². The van der Waals surface area contributed by atoms with Crippen molar-refractivity contribution in [2.45, 2.75) is 16.3 Å². The minimum Gasteiger partial charge on any atom is -0.314 e. The molecule has 4 aromatic carbocycles. The van der Waals surface area contributed by atoms with E-state index < -0.39 is 0 Å². The number of carbonyl (C=O) groups is 1. The van der Waals surface area contributed by atoms with Crippen LogP contribution in [0.25, 0.3) is 22.4 Å². The minimum absolute atomic E-state index is 0.00512. The van der Waals surface area contributed by atoms with Crippen LogP contribution in [0.1, 0.15) is 0 Å². The maximum absolute atomic E-state index is 13.9. The molecular formula is C27H19N3OS. The Balaban J connectivity index is 1.48. The summed E-state index contributed by atoms with van der Waals surface area (Å²) in [5.41, 5.74) is 4.67. The number of rotatable bonds is 3. The summed E-state index contributed by atoms with van der Waals surface area (Å²) in [6, 6.07) is 34.2. The highest BCUT2D eigenvalue weighted by Gasteiger charge is 2.28. The zero-order chi connectivity index (χ0) is 21.5. The summed E-state index contributed by atoms with van der Waals surface area (Å²) < 4.78 is 2.03. The first kappa shape index (κ1) is 18.9. The van der Waals surface area contributed by atoms with Crippen molar-refractivity contribution < 1.29 is 4.79 Å². The van der Waals surface area contributed by atoms with Gasteiger partial charge in [-0.1, -0.05) is 78.5 Å². The van der Waals surface area contributed by atoms with Crippen molar-refractivity contribution in [1.29, 1.82) is 0 Å². The molecule has 1 aromatic heterocycles. The van der Waals surface area contributed by atoms with Gasteiger partial charge in [-0.05, 0) is 36.4 Å². The van der Waals surface area contributed by atoms with Crippen molar-refractivity contribution in [2.24, 2.45) is 0 Å². The Hall–Kier alpha value is -3.83. The molecule has 5 heteroatoms. The van der Waals surface area contributed by atoms with Crippen LogP contribution in [0, 0.1) is 0 Å². The fraction of sp³-hybridized carbons (Fsp3) is 0.0370. The summed E-state index contributed by atoms with van der Waals surface area (Å²) in [5.74, 6) is 0.804. The molecular weight excluding hydrogens is 414 g/mol. The number of amides is 1. The van der Waals surface area contributed by atoms with E-state index in [0.717, 1.165) is 43.6 Å². The number of hydrogen-bond acceptors (Lipinski definition) is 3.